The number of nitro benzene ring substituents is 1. The molecule has 1 aromatic heterocycles. The standard InChI is InChI=1S/C25H28N6O5S/c1-5-12-30-24(17(3)26-22(32)13-18-7-10-20(36-4)11-8-18)28-29-25(30)37-15-23(33)27-19-9-6-16(2)21(14-19)31(34)35/h5-11,14,17H,1,12-13,15H2,2-4H3,(H,26,32)(H,27,33). The highest BCUT2D eigenvalue weighted by Gasteiger charge is 2.20. The summed E-state index contributed by atoms with van der Waals surface area (Å²) >= 11 is 1.16. The predicted octanol–water partition coefficient (Wildman–Crippen LogP) is 3.84. The summed E-state index contributed by atoms with van der Waals surface area (Å²) in [5, 5.41) is 25.6. The third kappa shape index (κ3) is 7.40. The fourth-order valence-electron chi connectivity index (χ4n) is 3.52. The van der Waals surface area contributed by atoms with Gasteiger partial charge in [-0.1, -0.05) is 36.0 Å². The number of methoxy groups -OCH3 is 1. The lowest BCUT2D eigenvalue weighted by Crippen LogP contribution is -2.30. The van der Waals surface area contributed by atoms with E-state index >= 15 is 0 Å². The van der Waals surface area contributed by atoms with Gasteiger partial charge in [-0.05, 0) is 37.6 Å². The first-order valence-corrected chi connectivity index (χ1v) is 12.3. The van der Waals surface area contributed by atoms with Gasteiger partial charge in [0.25, 0.3) is 5.69 Å². The van der Waals surface area contributed by atoms with Crippen LogP contribution in [0, 0.1) is 17.0 Å². The number of nitrogens with zero attached hydrogens (tertiary/aromatic N) is 4. The second-order valence-corrected chi connectivity index (χ2v) is 9.09. The summed E-state index contributed by atoms with van der Waals surface area (Å²) in [5.74, 6) is 0.731. The SMILES string of the molecule is C=CCn1c(SCC(=O)Nc2ccc(C)c([N+](=O)[O-])c2)nnc1C(C)NC(=O)Cc1ccc(OC)cc1. The zero-order valence-corrected chi connectivity index (χ0v) is 21.6. The number of benzene rings is 2. The van der Waals surface area contributed by atoms with E-state index in [9.17, 15) is 19.7 Å². The molecule has 2 N–H and O–H groups in total. The molecule has 0 bridgehead atoms. The summed E-state index contributed by atoms with van der Waals surface area (Å²) in [6.07, 6.45) is 1.87. The van der Waals surface area contributed by atoms with E-state index in [1.165, 1.54) is 6.07 Å². The van der Waals surface area contributed by atoms with Crippen LogP contribution < -0.4 is 15.4 Å². The summed E-state index contributed by atoms with van der Waals surface area (Å²) in [6, 6.07) is 11.3. The lowest BCUT2D eigenvalue weighted by molar-refractivity contribution is -0.385. The average molecular weight is 525 g/mol. The number of nitrogens with one attached hydrogen (secondary N) is 2. The van der Waals surface area contributed by atoms with Crippen molar-refractivity contribution >= 4 is 35.0 Å². The van der Waals surface area contributed by atoms with Gasteiger partial charge in [-0.25, -0.2) is 0 Å². The molecule has 12 heteroatoms. The molecular formula is C25H28N6O5S. The van der Waals surface area contributed by atoms with Crippen LogP contribution in [0.4, 0.5) is 11.4 Å². The maximum atomic E-state index is 12.6. The fourth-order valence-corrected chi connectivity index (χ4v) is 4.28. The van der Waals surface area contributed by atoms with Crippen molar-refractivity contribution in [3.8, 4) is 5.75 Å². The van der Waals surface area contributed by atoms with Gasteiger partial charge in [0.15, 0.2) is 11.0 Å². The Morgan fingerprint density at radius 1 is 1.22 bits per heavy atom. The van der Waals surface area contributed by atoms with E-state index in [-0.39, 0.29) is 29.7 Å². The Labute approximate surface area is 218 Å². The van der Waals surface area contributed by atoms with Gasteiger partial charge in [-0.3, -0.25) is 19.7 Å². The molecule has 0 saturated carbocycles. The van der Waals surface area contributed by atoms with Crippen molar-refractivity contribution in [3.05, 3.63) is 82.2 Å². The minimum Gasteiger partial charge on any atom is -0.497 e. The van der Waals surface area contributed by atoms with Crippen LogP contribution in [0.1, 0.15) is 29.9 Å². The van der Waals surface area contributed by atoms with Crippen LogP contribution in [0.3, 0.4) is 0 Å². The summed E-state index contributed by atoms with van der Waals surface area (Å²) in [6.45, 7) is 7.59. The lowest BCUT2D eigenvalue weighted by atomic mass is 10.1. The Morgan fingerprint density at radius 3 is 2.59 bits per heavy atom. The van der Waals surface area contributed by atoms with E-state index in [0.717, 1.165) is 17.3 Å². The van der Waals surface area contributed by atoms with Crippen molar-refractivity contribution in [2.45, 2.75) is 38.0 Å². The number of aromatic nitrogens is 3. The molecule has 0 saturated heterocycles. The number of thioether (sulfide) groups is 1. The van der Waals surface area contributed by atoms with Gasteiger partial charge in [0.05, 0.1) is 30.2 Å². The zero-order valence-electron chi connectivity index (χ0n) is 20.8. The maximum absolute atomic E-state index is 12.6. The molecule has 0 fully saturated rings. The van der Waals surface area contributed by atoms with Gasteiger partial charge in [0, 0.05) is 23.9 Å². The molecule has 0 spiro atoms. The summed E-state index contributed by atoms with van der Waals surface area (Å²) < 4.78 is 6.92. The number of carbonyl (C=O) groups is 2. The zero-order chi connectivity index (χ0) is 26.9. The summed E-state index contributed by atoms with van der Waals surface area (Å²) in [4.78, 5) is 35.7. The number of ether oxygens (including phenoxy) is 1. The first-order valence-electron chi connectivity index (χ1n) is 11.4. The molecule has 1 atom stereocenters. The normalized spacial score (nSPS) is 11.4. The van der Waals surface area contributed by atoms with Gasteiger partial charge < -0.3 is 19.9 Å². The monoisotopic (exact) mass is 524 g/mol. The third-order valence-corrected chi connectivity index (χ3v) is 6.33. The van der Waals surface area contributed by atoms with Gasteiger partial charge in [0.2, 0.25) is 11.8 Å². The van der Waals surface area contributed by atoms with Gasteiger partial charge >= 0.3 is 0 Å². The molecule has 0 aliphatic rings. The number of rotatable bonds is 12. The highest BCUT2D eigenvalue weighted by atomic mass is 32.2. The van der Waals surface area contributed by atoms with Crippen LogP contribution in [0.5, 0.6) is 5.75 Å². The Hall–Kier alpha value is -4.19. The minimum atomic E-state index is -0.490. The van der Waals surface area contributed by atoms with E-state index < -0.39 is 11.0 Å². The minimum absolute atomic E-state index is 0.00909. The van der Waals surface area contributed by atoms with Crippen LogP contribution in [0.15, 0.2) is 60.3 Å². The molecule has 37 heavy (non-hydrogen) atoms. The first-order chi connectivity index (χ1) is 17.7. The van der Waals surface area contributed by atoms with E-state index in [1.54, 1.807) is 55.9 Å². The maximum Gasteiger partial charge on any atom is 0.274 e. The highest BCUT2D eigenvalue weighted by Crippen LogP contribution is 2.24. The van der Waals surface area contributed by atoms with Crippen LogP contribution >= 0.6 is 11.8 Å². The Bertz CT molecular complexity index is 1290. The molecule has 194 valence electrons. The van der Waals surface area contributed by atoms with Crippen molar-refractivity contribution in [2.24, 2.45) is 0 Å². The van der Waals surface area contributed by atoms with E-state index in [0.29, 0.717) is 34.5 Å². The third-order valence-electron chi connectivity index (χ3n) is 5.37. The van der Waals surface area contributed by atoms with Gasteiger partial charge in [-0.15, -0.1) is 16.8 Å². The van der Waals surface area contributed by atoms with Crippen LogP contribution in [0.2, 0.25) is 0 Å². The fraction of sp³-hybridized carbons (Fsp3) is 0.280. The second-order valence-electron chi connectivity index (χ2n) is 8.15. The summed E-state index contributed by atoms with van der Waals surface area (Å²) in [5.41, 5.74) is 1.63. The van der Waals surface area contributed by atoms with Crippen molar-refractivity contribution in [1.82, 2.24) is 20.1 Å². The van der Waals surface area contributed by atoms with E-state index in [4.69, 9.17) is 4.74 Å². The Morgan fingerprint density at radius 2 is 1.95 bits per heavy atom. The number of hydrogen-bond donors (Lipinski definition) is 2. The average Bonchev–Trinajstić information content (AvgIpc) is 3.27. The lowest BCUT2D eigenvalue weighted by Gasteiger charge is -2.15. The van der Waals surface area contributed by atoms with Gasteiger partial charge in [0.1, 0.15) is 5.75 Å². The Balaban J connectivity index is 1.62. The number of amides is 2. The molecule has 3 rings (SSSR count). The quantitative estimate of drug-likeness (QED) is 0.158. The Kier molecular flexibility index (Phi) is 9.39. The molecule has 0 aliphatic heterocycles. The van der Waals surface area contributed by atoms with E-state index in [1.807, 2.05) is 12.1 Å². The van der Waals surface area contributed by atoms with Crippen LogP contribution in [-0.4, -0.2) is 44.4 Å². The molecular weight excluding hydrogens is 496 g/mol. The topological polar surface area (TPSA) is 141 Å². The number of nitro groups is 1. The predicted molar refractivity (Wildman–Crippen MR) is 141 cm³/mol. The largest absolute Gasteiger partial charge is 0.497 e. The smallest absolute Gasteiger partial charge is 0.274 e. The van der Waals surface area contributed by atoms with Crippen molar-refractivity contribution in [3.63, 3.8) is 0 Å². The van der Waals surface area contributed by atoms with E-state index in [2.05, 4.69) is 27.4 Å². The number of allylic oxidation sites excluding steroid dienone is 1. The number of hydrogen-bond acceptors (Lipinski definition) is 8. The molecule has 2 amide bonds. The number of anilines is 1. The molecule has 2 aromatic carbocycles. The first kappa shape index (κ1) is 27.4. The molecule has 0 radical (unpaired) electrons. The molecule has 1 heterocycles. The highest BCUT2D eigenvalue weighted by molar-refractivity contribution is 7.99. The van der Waals surface area contributed by atoms with Crippen molar-refractivity contribution in [1.29, 1.82) is 0 Å². The second kappa shape index (κ2) is 12.7. The molecule has 3 aromatic rings. The van der Waals surface area contributed by atoms with Crippen molar-refractivity contribution < 1.29 is 19.2 Å². The molecule has 11 nitrogen and oxygen atoms in total. The van der Waals surface area contributed by atoms with Crippen LogP contribution in [-0.2, 0) is 22.6 Å². The summed E-state index contributed by atoms with van der Waals surface area (Å²) in [7, 11) is 1.58. The molecule has 0 aliphatic carbocycles. The number of aryl methyl sites for hydroxylation is 1. The van der Waals surface area contributed by atoms with Gasteiger partial charge in [-0.2, -0.15) is 0 Å². The molecule has 1 unspecified atom stereocenters. The van der Waals surface area contributed by atoms with Crippen molar-refractivity contribution in [2.75, 3.05) is 18.2 Å². The number of carbonyl (C=O) groups excluding carboxylic acids is 2. The van der Waals surface area contributed by atoms with Crippen LogP contribution in [0.25, 0.3) is 0 Å².